The molecule has 3 rings (SSSR count). The lowest BCUT2D eigenvalue weighted by atomic mass is 9.90. The Labute approximate surface area is 128 Å². The summed E-state index contributed by atoms with van der Waals surface area (Å²) in [5.41, 5.74) is 3.68. The molecule has 0 amide bonds. The fourth-order valence-electron chi connectivity index (χ4n) is 3.23. The number of rotatable bonds is 2. The Morgan fingerprint density at radius 2 is 2.19 bits per heavy atom. The number of aromatic amines is 1. The van der Waals surface area contributed by atoms with Crippen LogP contribution in [-0.4, -0.2) is 34.9 Å². The molecule has 2 aromatic rings. The minimum Gasteiger partial charge on any atom is -0.353 e. The summed E-state index contributed by atoms with van der Waals surface area (Å²) in [5, 5.41) is 12.8. The van der Waals surface area contributed by atoms with Crippen LogP contribution in [0.3, 0.4) is 0 Å². The number of non-ortho nitro benzene ring substituents is 1. The number of H-pyrrole nitrogens is 1. The molecule has 112 valence electrons. The highest BCUT2D eigenvalue weighted by atomic mass is 35.5. The van der Waals surface area contributed by atoms with E-state index in [0.29, 0.717) is 16.6 Å². The molecule has 1 aliphatic carbocycles. The predicted octanol–water partition coefficient (Wildman–Crippen LogP) is 3.46. The molecule has 21 heavy (non-hydrogen) atoms. The average Bonchev–Trinajstić information content (AvgIpc) is 2.80. The van der Waals surface area contributed by atoms with Gasteiger partial charge in [-0.3, -0.25) is 10.1 Å². The minimum absolute atomic E-state index is 0.114. The summed E-state index contributed by atoms with van der Waals surface area (Å²) in [6.07, 6.45) is 2.83. The van der Waals surface area contributed by atoms with E-state index in [9.17, 15) is 10.1 Å². The quantitative estimate of drug-likeness (QED) is 0.682. The number of nitrogens with zero attached hydrogens (tertiary/aromatic N) is 2. The highest BCUT2D eigenvalue weighted by Crippen LogP contribution is 2.40. The summed E-state index contributed by atoms with van der Waals surface area (Å²) < 4.78 is 0. The maximum absolute atomic E-state index is 11.3. The van der Waals surface area contributed by atoms with E-state index in [1.807, 2.05) is 6.92 Å². The van der Waals surface area contributed by atoms with Gasteiger partial charge < -0.3 is 9.88 Å². The van der Waals surface area contributed by atoms with Gasteiger partial charge in [-0.15, -0.1) is 0 Å². The second-order valence-corrected chi connectivity index (χ2v) is 6.35. The molecule has 1 aromatic heterocycles. The molecule has 1 aromatic carbocycles. The maximum Gasteiger partial charge on any atom is 0.293 e. The molecule has 1 atom stereocenters. The van der Waals surface area contributed by atoms with Crippen molar-refractivity contribution in [3.05, 3.63) is 38.0 Å². The van der Waals surface area contributed by atoms with Gasteiger partial charge in [-0.2, -0.15) is 0 Å². The second kappa shape index (κ2) is 5.00. The van der Waals surface area contributed by atoms with Crippen LogP contribution < -0.4 is 0 Å². The topological polar surface area (TPSA) is 62.2 Å². The van der Waals surface area contributed by atoms with Crippen LogP contribution in [0.2, 0.25) is 5.02 Å². The van der Waals surface area contributed by atoms with Crippen LogP contribution in [0.1, 0.15) is 23.2 Å². The number of benzene rings is 1. The monoisotopic (exact) mass is 307 g/mol. The molecular weight excluding hydrogens is 290 g/mol. The van der Waals surface area contributed by atoms with E-state index in [0.717, 1.165) is 41.5 Å². The summed E-state index contributed by atoms with van der Waals surface area (Å²) in [6.45, 7) is 1.82. The van der Waals surface area contributed by atoms with E-state index < -0.39 is 0 Å². The first-order valence-electron chi connectivity index (χ1n) is 7.03. The van der Waals surface area contributed by atoms with E-state index in [-0.39, 0.29) is 10.6 Å². The number of aryl methyl sites for hydroxylation is 2. The van der Waals surface area contributed by atoms with Crippen molar-refractivity contribution < 1.29 is 4.92 Å². The Balaban J connectivity index is 2.27. The molecule has 0 radical (unpaired) electrons. The third-order valence-corrected chi connectivity index (χ3v) is 4.95. The Morgan fingerprint density at radius 1 is 1.48 bits per heavy atom. The molecule has 0 saturated heterocycles. The van der Waals surface area contributed by atoms with E-state index >= 15 is 0 Å². The summed E-state index contributed by atoms with van der Waals surface area (Å²) in [4.78, 5) is 16.4. The van der Waals surface area contributed by atoms with Crippen molar-refractivity contribution in [1.82, 2.24) is 9.88 Å². The fourth-order valence-corrected chi connectivity index (χ4v) is 3.50. The van der Waals surface area contributed by atoms with Crippen molar-refractivity contribution in [1.29, 1.82) is 0 Å². The standard InChI is InChI=1S/C15H18ClN3O2/c1-8-6-12(19(20)21)15-13(14(8)16)10-7-9(18(2)3)4-5-11(10)17-15/h6,9,17H,4-5,7H2,1-3H3. The highest BCUT2D eigenvalue weighted by molar-refractivity contribution is 6.37. The Morgan fingerprint density at radius 3 is 2.81 bits per heavy atom. The molecule has 1 aliphatic rings. The number of hydrogen-bond donors (Lipinski definition) is 1. The van der Waals surface area contributed by atoms with Crippen LogP contribution in [0.4, 0.5) is 5.69 Å². The van der Waals surface area contributed by atoms with E-state index in [4.69, 9.17) is 11.6 Å². The van der Waals surface area contributed by atoms with Gasteiger partial charge in [-0.1, -0.05) is 11.6 Å². The number of nitro benzene ring substituents is 1. The largest absolute Gasteiger partial charge is 0.353 e. The molecule has 0 aliphatic heterocycles. The SMILES string of the molecule is Cc1cc([N+](=O)[O-])c2[nH]c3c(c2c1Cl)CC(N(C)C)CC3. The molecule has 6 heteroatoms. The van der Waals surface area contributed by atoms with E-state index in [2.05, 4.69) is 24.0 Å². The van der Waals surface area contributed by atoms with Gasteiger partial charge in [0.2, 0.25) is 0 Å². The molecule has 0 saturated carbocycles. The summed E-state index contributed by atoms with van der Waals surface area (Å²) in [7, 11) is 4.14. The zero-order valence-electron chi connectivity index (χ0n) is 12.4. The van der Waals surface area contributed by atoms with Crippen LogP contribution in [0.25, 0.3) is 10.9 Å². The molecule has 5 nitrogen and oxygen atoms in total. The van der Waals surface area contributed by atoms with Crippen molar-refractivity contribution in [3.63, 3.8) is 0 Å². The molecule has 0 fully saturated rings. The number of likely N-dealkylation sites (N-methyl/N-ethyl adjacent to an activating group) is 1. The average molecular weight is 308 g/mol. The lowest BCUT2D eigenvalue weighted by Gasteiger charge is -2.28. The van der Waals surface area contributed by atoms with Crippen molar-refractivity contribution >= 4 is 28.2 Å². The summed E-state index contributed by atoms with van der Waals surface area (Å²) >= 11 is 6.45. The van der Waals surface area contributed by atoms with Gasteiger partial charge in [0.1, 0.15) is 5.52 Å². The highest BCUT2D eigenvalue weighted by Gasteiger charge is 2.28. The molecule has 1 unspecified atom stereocenters. The Hall–Kier alpha value is -1.59. The molecule has 0 bridgehead atoms. The van der Waals surface area contributed by atoms with Crippen molar-refractivity contribution in [2.45, 2.75) is 32.2 Å². The van der Waals surface area contributed by atoms with Gasteiger partial charge in [0.25, 0.3) is 5.69 Å². The van der Waals surface area contributed by atoms with Gasteiger partial charge in [0, 0.05) is 23.2 Å². The van der Waals surface area contributed by atoms with Crippen LogP contribution in [0, 0.1) is 17.0 Å². The predicted molar refractivity (Wildman–Crippen MR) is 84.2 cm³/mol. The Bertz CT molecular complexity index is 736. The molecule has 0 spiro atoms. The summed E-state index contributed by atoms with van der Waals surface area (Å²) in [6, 6.07) is 2.00. The first-order chi connectivity index (χ1) is 9.90. The van der Waals surface area contributed by atoms with Gasteiger partial charge in [-0.25, -0.2) is 0 Å². The maximum atomic E-state index is 11.3. The third-order valence-electron chi connectivity index (χ3n) is 4.46. The number of fused-ring (bicyclic) bond motifs is 3. The first-order valence-corrected chi connectivity index (χ1v) is 7.41. The second-order valence-electron chi connectivity index (χ2n) is 5.98. The third kappa shape index (κ3) is 2.21. The lowest BCUT2D eigenvalue weighted by molar-refractivity contribution is -0.383. The van der Waals surface area contributed by atoms with Gasteiger partial charge >= 0.3 is 0 Å². The Kier molecular flexibility index (Phi) is 3.42. The van der Waals surface area contributed by atoms with E-state index in [1.165, 1.54) is 0 Å². The van der Waals surface area contributed by atoms with Crippen molar-refractivity contribution in [3.8, 4) is 0 Å². The summed E-state index contributed by atoms with van der Waals surface area (Å²) in [5.74, 6) is 0. The number of nitrogens with one attached hydrogen (secondary N) is 1. The van der Waals surface area contributed by atoms with Crippen LogP contribution in [0.5, 0.6) is 0 Å². The minimum atomic E-state index is -0.336. The zero-order chi connectivity index (χ0) is 15.3. The smallest absolute Gasteiger partial charge is 0.293 e. The van der Waals surface area contributed by atoms with Crippen LogP contribution in [-0.2, 0) is 12.8 Å². The van der Waals surface area contributed by atoms with Gasteiger partial charge in [0.05, 0.1) is 9.95 Å². The number of nitro groups is 1. The van der Waals surface area contributed by atoms with Gasteiger partial charge in [0.15, 0.2) is 0 Å². The normalized spacial score (nSPS) is 18.2. The number of halogens is 1. The molecular formula is C15H18ClN3O2. The number of aromatic nitrogens is 1. The molecule has 1 heterocycles. The number of hydrogen-bond acceptors (Lipinski definition) is 3. The fraction of sp³-hybridized carbons (Fsp3) is 0.467. The van der Waals surface area contributed by atoms with Crippen molar-refractivity contribution in [2.75, 3.05) is 14.1 Å². The first kappa shape index (κ1) is 14.4. The van der Waals surface area contributed by atoms with Gasteiger partial charge in [-0.05, 0) is 51.4 Å². The van der Waals surface area contributed by atoms with Crippen LogP contribution in [0.15, 0.2) is 6.07 Å². The zero-order valence-corrected chi connectivity index (χ0v) is 13.1. The van der Waals surface area contributed by atoms with Crippen LogP contribution >= 0.6 is 11.6 Å². The molecule has 1 N–H and O–H groups in total. The van der Waals surface area contributed by atoms with Crippen molar-refractivity contribution in [2.24, 2.45) is 0 Å². The van der Waals surface area contributed by atoms with E-state index in [1.54, 1.807) is 6.07 Å². The lowest BCUT2D eigenvalue weighted by Crippen LogP contribution is -2.33.